The fourth-order valence-electron chi connectivity index (χ4n) is 6.05. The van der Waals surface area contributed by atoms with Gasteiger partial charge in [0, 0.05) is 42.4 Å². The molecule has 7 rings (SSSR count). The Hall–Kier alpha value is -4.69. The van der Waals surface area contributed by atoms with Crippen molar-refractivity contribution < 1.29 is 14.3 Å². The van der Waals surface area contributed by atoms with E-state index in [1.165, 1.54) is 18.4 Å². The number of hydrogen-bond donors (Lipinski definition) is 2. The third-order valence-electron chi connectivity index (χ3n) is 8.54. The van der Waals surface area contributed by atoms with Gasteiger partial charge in [-0.05, 0) is 67.6 Å². The molecule has 8 nitrogen and oxygen atoms in total. The summed E-state index contributed by atoms with van der Waals surface area (Å²) >= 11 is 0. The lowest BCUT2D eigenvalue weighted by Crippen LogP contribution is -2.40. The molecule has 0 atom stereocenters. The Morgan fingerprint density at radius 2 is 1.77 bits per heavy atom. The second kappa shape index (κ2) is 12.1. The molecule has 1 saturated carbocycles. The molecule has 2 aromatic heterocycles. The van der Waals surface area contributed by atoms with E-state index in [2.05, 4.69) is 35.4 Å². The van der Waals surface area contributed by atoms with Crippen molar-refractivity contribution in [2.24, 2.45) is 0 Å². The number of para-hydroxylation sites is 1. The molecule has 1 aliphatic carbocycles. The van der Waals surface area contributed by atoms with E-state index in [4.69, 9.17) is 9.72 Å². The van der Waals surface area contributed by atoms with Gasteiger partial charge in [-0.15, -0.1) is 0 Å². The second-order valence-electron chi connectivity index (χ2n) is 11.6. The molecule has 8 heteroatoms. The SMILES string of the molecule is CC/C=C(/NC1CC1)c1cc2c([nH]1)-c1ccccc1N(C(=O)c1cccc(-c3ccc(C(=O)N4CCOCC4)cc3)n1)CC2. The number of benzene rings is 2. The van der Waals surface area contributed by atoms with Crippen LogP contribution in [-0.2, 0) is 11.2 Å². The fraction of sp³-hybridized carbons (Fsp3) is 0.306. The molecular formula is C36H37N5O3. The lowest BCUT2D eigenvalue weighted by Gasteiger charge is -2.26. The van der Waals surface area contributed by atoms with Gasteiger partial charge < -0.3 is 24.8 Å². The maximum Gasteiger partial charge on any atom is 0.276 e. The lowest BCUT2D eigenvalue weighted by molar-refractivity contribution is 0.0303. The first-order valence-corrected chi connectivity index (χ1v) is 15.6. The smallest absolute Gasteiger partial charge is 0.276 e. The molecule has 44 heavy (non-hydrogen) atoms. The minimum absolute atomic E-state index is 0.00492. The Bertz CT molecular complexity index is 1710. The summed E-state index contributed by atoms with van der Waals surface area (Å²) in [4.78, 5) is 39.1. The monoisotopic (exact) mass is 587 g/mol. The molecule has 2 fully saturated rings. The Morgan fingerprint density at radius 3 is 2.55 bits per heavy atom. The van der Waals surface area contributed by atoms with Crippen LogP contribution >= 0.6 is 0 Å². The van der Waals surface area contributed by atoms with Crippen molar-refractivity contribution in [2.45, 2.75) is 38.6 Å². The summed E-state index contributed by atoms with van der Waals surface area (Å²) < 4.78 is 5.37. The van der Waals surface area contributed by atoms with Gasteiger partial charge in [-0.1, -0.05) is 49.4 Å². The van der Waals surface area contributed by atoms with Crippen LogP contribution in [0.1, 0.15) is 58.3 Å². The summed E-state index contributed by atoms with van der Waals surface area (Å²) in [5.74, 6) is -0.129. The van der Waals surface area contributed by atoms with Crippen molar-refractivity contribution in [1.29, 1.82) is 0 Å². The number of morpholine rings is 1. The summed E-state index contributed by atoms with van der Waals surface area (Å²) in [6.45, 7) is 5.05. The fourth-order valence-corrected chi connectivity index (χ4v) is 6.05. The number of nitrogens with one attached hydrogen (secondary N) is 2. The van der Waals surface area contributed by atoms with Crippen molar-refractivity contribution in [3.05, 3.63) is 101 Å². The highest BCUT2D eigenvalue weighted by atomic mass is 16.5. The molecule has 4 aromatic rings. The third kappa shape index (κ3) is 5.65. The predicted octanol–water partition coefficient (Wildman–Crippen LogP) is 5.92. The van der Waals surface area contributed by atoms with Crippen molar-refractivity contribution in [3.63, 3.8) is 0 Å². The largest absolute Gasteiger partial charge is 0.381 e. The average molecular weight is 588 g/mol. The zero-order chi connectivity index (χ0) is 30.0. The van der Waals surface area contributed by atoms with E-state index in [0.29, 0.717) is 55.8 Å². The topological polar surface area (TPSA) is 90.6 Å². The molecule has 1 saturated heterocycles. The van der Waals surface area contributed by atoms with E-state index < -0.39 is 0 Å². The third-order valence-corrected chi connectivity index (χ3v) is 8.54. The number of pyridine rings is 1. The lowest BCUT2D eigenvalue weighted by atomic mass is 10.1. The molecule has 2 amide bonds. The van der Waals surface area contributed by atoms with Gasteiger partial charge in [0.2, 0.25) is 0 Å². The van der Waals surface area contributed by atoms with E-state index in [1.54, 1.807) is 6.07 Å². The Morgan fingerprint density at radius 1 is 0.977 bits per heavy atom. The Labute approximate surface area is 257 Å². The van der Waals surface area contributed by atoms with Gasteiger partial charge >= 0.3 is 0 Å². The number of nitrogens with zero attached hydrogens (tertiary/aromatic N) is 3. The number of rotatable bonds is 7. The number of aromatic amines is 1. The first-order chi connectivity index (χ1) is 21.6. The van der Waals surface area contributed by atoms with Gasteiger partial charge in [0.05, 0.1) is 41.7 Å². The zero-order valence-corrected chi connectivity index (χ0v) is 25.0. The number of amides is 2. The molecule has 2 aliphatic heterocycles. The van der Waals surface area contributed by atoms with E-state index >= 15 is 0 Å². The van der Waals surface area contributed by atoms with Crippen molar-refractivity contribution in [2.75, 3.05) is 37.7 Å². The standard InChI is InChI=1S/C36H37N5O3/c1-2-6-30(37-27-15-16-27)32-23-26-17-18-41(33-10-4-3-7-28(33)34(26)39-32)36(43)31-9-5-8-29(38-31)24-11-13-25(14-12-24)35(42)40-19-21-44-22-20-40/h3-14,23,27,37,39H,2,15-22H2,1H3/b30-6+. The van der Waals surface area contributed by atoms with E-state index in [-0.39, 0.29) is 11.8 Å². The maximum absolute atomic E-state index is 14.1. The summed E-state index contributed by atoms with van der Waals surface area (Å²) in [7, 11) is 0. The normalized spacial score (nSPS) is 16.6. The van der Waals surface area contributed by atoms with Gasteiger partial charge in [-0.25, -0.2) is 4.98 Å². The zero-order valence-electron chi connectivity index (χ0n) is 25.0. The molecular weight excluding hydrogens is 550 g/mol. The van der Waals surface area contributed by atoms with E-state index in [0.717, 1.165) is 46.7 Å². The average Bonchev–Trinajstić information content (AvgIpc) is 3.83. The van der Waals surface area contributed by atoms with Crippen molar-refractivity contribution in [3.8, 4) is 22.5 Å². The number of H-pyrrole nitrogens is 1. The molecule has 3 aliphatic rings. The van der Waals surface area contributed by atoms with Crippen LogP contribution in [0, 0.1) is 0 Å². The van der Waals surface area contributed by atoms with E-state index in [9.17, 15) is 9.59 Å². The highest BCUT2D eigenvalue weighted by Crippen LogP contribution is 2.38. The van der Waals surface area contributed by atoms with Gasteiger partial charge in [0.25, 0.3) is 11.8 Å². The number of carbonyl (C=O) groups is 2. The number of ether oxygens (including phenoxy) is 1. The maximum atomic E-state index is 14.1. The van der Waals surface area contributed by atoms with Crippen LogP contribution < -0.4 is 10.2 Å². The minimum Gasteiger partial charge on any atom is -0.381 e. The molecule has 2 aromatic carbocycles. The number of anilines is 1. The first-order valence-electron chi connectivity index (χ1n) is 15.6. The number of hydrogen-bond acceptors (Lipinski definition) is 5. The summed E-state index contributed by atoms with van der Waals surface area (Å²) in [6, 6.07) is 23.9. The molecule has 224 valence electrons. The van der Waals surface area contributed by atoms with Crippen LogP contribution in [0.5, 0.6) is 0 Å². The Kier molecular flexibility index (Phi) is 7.75. The molecule has 0 radical (unpaired) electrons. The summed E-state index contributed by atoms with van der Waals surface area (Å²) in [6.07, 6.45) is 6.38. The van der Waals surface area contributed by atoms with Gasteiger partial charge in [0.15, 0.2) is 0 Å². The number of fused-ring (bicyclic) bond motifs is 3. The first kappa shape index (κ1) is 28.1. The van der Waals surface area contributed by atoms with Gasteiger partial charge in [0.1, 0.15) is 5.69 Å². The molecule has 0 spiro atoms. The number of allylic oxidation sites excluding steroid dienone is 1. The molecule has 0 unspecified atom stereocenters. The summed E-state index contributed by atoms with van der Waals surface area (Å²) in [5, 5.41) is 3.68. The highest BCUT2D eigenvalue weighted by Gasteiger charge is 2.29. The van der Waals surface area contributed by atoms with Crippen LogP contribution in [0.3, 0.4) is 0 Å². The minimum atomic E-state index is -0.134. The number of carbonyl (C=O) groups excluding carboxylic acids is 2. The van der Waals surface area contributed by atoms with Crippen molar-refractivity contribution in [1.82, 2.24) is 20.2 Å². The quantitative estimate of drug-likeness (QED) is 0.280. The Balaban J connectivity index is 1.14. The number of aromatic nitrogens is 2. The van der Waals surface area contributed by atoms with Crippen LogP contribution in [-0.4, -0.2) is 65.6 Å². The van der Waals surface area contributed by atoms with E-state index in [1.807, 2.05) is 64.4 Å². The molecule has 4 heterocycles. The molecule has 2 N–H and O–H groups in total. The van der Waals surface area contributed by atoms with Gasteiger partial charge in [-0.3, -0.25) is 9.59 Å². The summed E-state index contributed by atoms with van der Waals surface area (Å²) in [5.41, 5.74) is 8.99. The van der Waals surface area contributed by atoms with Crippen molar-refractivity contribution >= 4 is 23.2 Å². The molecule has 0 bridgehead atoms. The second-order valence-corrected chi connectivity index (χ2v) is 11.6. The van der Waals surface area contributed by atoms with Crippen LogP contribution in [0.2, 0.25) is 0 Å². The predicted molar refractivity (Wildman–Crippen MR) is 172 cm³/mol. The van der Waals surface area contributed by atoms with Crippen LogP contribution in [0.15, 0.2) is 78.9 Å². The van der Waals surface area contributed by atoms with Crippen LogP contribution in [0.25, 0.3) is 28.2 Å². The van der Waals surface area contributed by atoms with Crippen LogP contribution in [0.4, 0.5) is 5.69 Å². The van der Waals surface area contributed by atoms with Gasteiger partial charge in [-0.2, -0.15) is 0 Å². The highest BCUT2D eigenvalue weighted by molar-refractivity contribution is 6.07.